The van der Waals surface area contributed by atoms with E-state index in [9.17, 15) is 0 Å². The third-order valence-corrected chi connectivity index (χ3v) is 2.60. The average molecular weight is 211 g/mol. The molecular formula is C15H17N. The monoisotopic (exact) mass is 211 g/mol. The van der Waals surface area contributed by atoms with Gasteiger partial charge >= 0.3 is 0 Å². The maximum absolute atomic E-state index is 8.96. The molecule has 1 rings (SSSR count). The lowest BCUT2D eigenvalue weighted by molar-refractivity contribution is 1.22. The van der Waals surface area contributed by atoms with Crippen molar-refractivity contribution in [2.75, 3.05) is 0 Å². The highest BCUT2D eigenvalue weighted by Gasteiger charge is 2.03. The molecule has 0 heterocycles. The minimum absolute atomic E-state index is 0.754. The molecule has 0 aromatic heterocycles. The Morgan fingerprint density at radius 2 is 2.00 bits per heavy atom. The summed E-state index contributed by atoms with van der Waals surface area (Å²) in [6.07, 6.45) is 9.28. The molecule has 1 aromatic carbocycles. The smallest absolute Gasteiger partial charge is 0.0994 e. The van der Waals surface area contributed by atoms with Gasteiger partial charge in [0.2, 0.25) is 0 Å². The SMILES string of the molecule is CC/C=C/C=C\c1c(C)ccc(C#N)c1C. The summed E-state index contributed by atoms with van der Waals surface area (Å²) in [5, 5.41) is 8.96. The van der Waals surface area contributed by atoms with E-state index in [2.05, 4.69) is 32.1 Å². The Balaban J connectivity index is 3.09. The Labute approximate surface area is 97.7 Å². The van der Waals surface area contributed by atoms with Crippen molar-refractivity contribution in [3.05, 3.63) is 52.6 Å². The van der Waals surface area contributed by atoms with Crippen molar-refractivity contribution < 1.29 is 0 Å². The Morgan fingerprint density at radius 3 is 2.62 bits per heavy atom. The first-order valence-electron chi connectivity index (χ1n) is 5.54. The van der Waals surface area contributed by atoms with E-state index in [-0.39, 0.29) is 0 Å². The first kappa shape index (κ1) is 12.3. The van der Waals surface area contributed by atoms with Crippen LogP contribution in [-0.4, -0.2) is 0 Å². The van der Waals surface area contributed by atoms with Gasteiger partial charge in [0.25, 0.3) is 0 Å². The zero-order valence-corrected chi connectivity index (χ0v) is 10.1. The van der Waals surface area contributed by atoms with Gasteiger partial charge < -0.3 is 0 Å². The predicted octanol–water partition coefficient (Wildman–Crippen LogP) is 4.15. The van der Waals surface area contributed by atoms with Gasteiger partial charge in [0.1, 0.15) is 0 Å². The highest BCUT2D eigenvalue weighted by molar-refractivity contribution is 5.62. The lowest BCUT2D eigenvalue weighted by Gasteiger charge is -2.06. The minimum atomic E-state index is 0.754. The van der Waals surface area contributed by atoms with E-state index in [1.54, 1.807) is 0 Å². The molecule has 0 aliphatic rings. The molecule has 0 aliphatic heterocycles. The molecule has 0 amide bonds. The van der Waals surface area contributed by atoms with Crippen LogP contribution in [0.3, 0.4) is 0 Å². The average Bonchev–Trinajstić information content (AvgIpc) is 2.28. The molecule has 0 fully saturated rings. The van der Waals surface area contributed by atoms with Crippen LogP contribution in [0, 0.1) is 25.2 Å². The number of benzene rings is 1. The third kappa shape index (κ3) is 2.84. The van der Waals surface area contributed by atoms with Crippen LogP contribution in [0.15, 0.2) is 30.4 Å². The summed E-state index contributed by atoms with van der Waals surface area (Å²) in [4.78, 5) is 0. The van der Waals surface area contributed by atoms with Crippen molar-refractivity contribution in [3.8, 4) is 6.07 Å². The number of allylic oxidation sites excluding steroid dienone is 3. The predicted molar refractivity (Wildman–Crippen MR) is 69.1 cm³/mol. The summed E-state index contributed by atoms with van der Waals surface area (Å²) in [6.45, 7) is 6.17. The Hall–Kier alpha value is -1.81. The Morgan fingerprint density at radius 1 is 1.25 bits per heavy atom. The summed E-state index contributed by atoms with van der Waals surface area (Å²) in [7, 11) is 0. The molecule has 82 valence electrons. The highest BCUT2D eigenvalue weighted by atomic mass is 14.2. The number of aryl methyl sites for hydroxylation is 1. The van der Waals surface area contributed by atoms with E-state index in [1.165, 1.54) is 5.56 Å². The Kier molecular flexibility index (Phi) is 4.54. The van der Waals surface area contributed by atoms with Crippen LogP contribution in [0.2, 0.25) is 0 Å². The molecule has 0 unspecified atom stereocenters. The van der Waals surface area contributed by atoms with E-state index < -0.39 is 0 Å². The molecule has 16 heavy (non-hydrogen) atoms. The van der Waals surface area contributed by atoms with Crippen molar-refractivity contribution in [2.45, 2.75) is 27.2 Å². The van der Waals surface area contributed by atoms with Crippen molar-refractivity contribution in [1.29, 1.82) is 5.26 Å². The van der Waals surface area contributed by atoms with Crippen molar-refractivity contribution in [3.63, 3.8) is 0 Å². The lowest BCUT2D eigenvalue weighted by Crippen LogP contribution is -1.90. The standard InChI is InChI=1S/C15H17N/c1-4-5-6-7-8-15-12(2)9-10-14(11-16)13(15)3/h5-10H,4H2,1-3H3/b6-5+,8-7-. The van der Waals surface area contributed by atoms with Crippen molar-refractivity contribution in [1.82, 2.24) is 0 Å². The number of hydrogen-bond acceptors (Lipinski definition) is 1. The molecular weight excluding hydrogens is 194 g/mol. The summed E-state index contributed by atoms with van der Waals surface area (Å²) in [5.74, 6) is 0. The molecule has 0 spiro atoms. The van der Waals surface area contributed by atoms with Gasteiger partial charge in [-0.2, -0.15) is 5.26 Å². The number of rotatable bonds is 3. The van der Waals surface area contributed by atoms with E-state index in [4.69, 9.17) is 5.26 Å². The maximum atomic E-state index is 8.96. The fraction of sp³-hybridized carbons (Fsp3) is 0.267. The minimum Gasteiger partial charge on any atom is -0.192 e. The fourth-order valence-corrected chi connectivity index (χ4v) is 1.61. The van der Waals surface area contributed by atoms with Crippen LogP contribution in [-0.2, 0) is 0 Å². The quantitative estimate of drug-likeness (QED) is 0.689. The molecule has 1 aromatic rings. The van der Waals surface area contributed by atoms with Gasteiger partial charge in [-0.15, -0.1) is 0 Å². The first-order chi connectivity index (χ1) is 7.70. The second-order valence-electron chi connectivity index (χ2n) is 3.78. The van der Waals surface area contributed by atoms with E-state index in [0.29, 0.717) is 0 Å². The van der Waals surface area contributed by atoms with Gasteiger partial charge in [-0.1, -0.05) is 37.3 Å². The van der Waals surface area contributed by atoms with Gasteiger partial charge in [0.05, 0.1) is 11.6 Å². The van der Waals surface area contributed by atoms with Gasteiger partial charge in [0, 0.05) is 0 Å². The zero-order valence-electron chi connectivity index (χ0n) is 10.1. The van der Waals surface area contributed by atoms with Crippen LogP contribution in [0.25, 0.3) is 6.08 Å². The van der Waals surface area contributed by atoms with Gasteiger partial charge in [-0.05, 0) is 43.0 Å². The van der Waals surface area contributed by atoms with Gasteiger partial charge in [-0.25, -0.2) is 0 Å². The molecule has 1 heteroatoms. The fourth-order valence-electron chi connectivity index (χ4n) is 1.61. The van der Waals surface area contributed by atoms with E-state index >= 15 is 0 Å². The van der Waals surface area contributed by atoms with Crippen LogP contribution < -0.4 is 0 Å². The third-order valence-electron chi connectivity index (χ3n) is 2.60. The van der Waals surface area contributed by atoms with Crippen molar-refractivity contribution >= 4 is 6.08 Å². The molecule has 0 N–H and O–H groups in total. The molecule has 0 saturated heterocycles. The number of nitriles is 1. The highest BCUT2D eigenvalue weighted by Crippen LogP contribution is 2.19. The normalized spacial score (nSPS) is 11.1. The van der Waals surface area contributed by atoms with E-state index in [1.807, 2.05) is 31.2 Å². The first-order valence-corrected chi connectivity index (χ1v) is 5.54. The summed E-state index contributed by atoms with van der Waals surface area (Å²) >= 11 is 0. The van der Waals surface area contributed by atoms with Gasteiger partial charge in [0.15, 0.2) is 0 Å². The molecule has 0 saturated carbocycles. The second-order valence-corrected chi connectivity index (χ2v) is 3.78. The Bertz CT molecular complexity index is 459. The second kappa shape index (κ2) is 5.92. The maximum Gasteiger partial charge on any atom is 0.0994 e. The molecule has 0 radical (unpaired) electrons. The van der Waals surface area contributed by atoms with Crippen LogP contribution in [0.4, 0.5) is 0 Å². The van der Waals surface area contributed by atoms with Crippen molar-refractivity contribution in [2.24, 2.45) is 0 Å². The number of nitrogens with zero attached hydrogens (tertiary/aromatic N) is 1. The topological polar surface area (TPSA) is 23.8 Å². The molecule has 0 atom stereocenters. The van der Waals surface area contributed by atoms with E-state index in [0.717, 1.165) is 23.1 Å². The zero-order chi connectivity index (χ0) is 12.0. The molecule has 0 aliphatic carbocycles. The summed E-state index contributed by atoms with van der Waals surface area (Å²) in [6, 6.07) is 6.09. The lowest BCUT2D eigenvalue weighted by atomic mass is 9.98. The van der Waals surface area contributed by atoms with Crippen LogP contribution in [0.5, 0.6) is 0 Å². The van der Waals surface area contributed by atoms with Gasteiger partial charge in [-0.3, -0.25) is 0 Å². The molecule has 1 nitrogen and oxygen atoms in total. The summed E-state index contributed by atoms with van der Waals surface area (Å²) < 4.78 is 0. The van der Waals surface area contributed by atoms with Crippen LogP contribution in [0.1, 0.15) is 35.6 Å². The molecule has 0 bridgehead atoms. The number of hydrogen-bond donors (Lipinski definition) is 0. The van der Waals surface area contributed by atoms with Crippen LogP contribution >= 0.6 is 0 Å². The largest absolute Gasteiger partial charge is 0.192 e. The summed E-state index contributed by atoms with van der Waals surface area (Å²) in [5.41, 5.74) is 4.17.